The van der Waals surface area contributed by atoms with Crippen LogP contribution in [0.3, 0.4) is 0 Å². The summed E-state index contributed by atoms with van der Waals surface area (Å²) in [5.41, 5.74) is 0. The van der Waals surface area contributed by atoms with Crippen molar-refractivity contribution in [3.05, 3.63) is 66.5 Å². The van der Waals surface area contributed by atoms with Crippen LogP contribution in [0.4, 0.5) is 0 Å². The second-order valence-electron chi connectivity index (χ2n) is 0. The zero-order valence-electron chi connectivity index (χ0n) is 9.84. The van der Waals surface area contributed by atoms with Crippen molar-refractivity contribution in [3.8, 4) is 0 Å². The van der Waals surface area contributed by atoms with Crippen molar-refractivity contribution in [2.75, 3.05) is 0 Å². The number of rotatable bonds is 0. The van der Waals surface area contributed by atoms with Crippen LogP contribution in [-0.2, 0) is 80.7 Å². The van der Waals surface area contributed by atoms with Gasteiger partial charge in [0.15, 0.2) is 0 Å². The van der Waals surface area contributed by atoms with Gasteiger partial charge in [-0.15, -0.1) is 0 Å². The van der Waals surface area contributed by atoms with Gasteiger partial charge in [0.1, 0.15) is 0 Å². The fourth-order valence-corrected chi connectivity index (χ4v) is 0. The van der Waals surface area contributed by atoms with Crippen molar-refractivity contribution in [2.45, 2.75) is 0 Å². The summed E-state index contributed by atoms with van der Waals surface area (Å²) in [7, 11) is 0. The summed E-state index contributed by atoms with van der Waals surface area (Å²) in [6.45, 7) is 45.0. The summed E-state index contributed by atoms with van der Waals surface area (Å²) in [6.07, 6.45) is 0. The van der Waals surface area contributed by atoms with E-state index in [1.165, 1.54) is 0 Å². The van der Waals surface area contributed by atoms with E-state index in [0.29, 0.717) is 0 Å². The first-order valence-electron chi connectivity index (χ1n) is 2.04. The van der Waals surface area contributed by atoms with Crippen LogP contribution in [0.5, 0.6) is 0 Å². The van der Waals surface area contributed by atoms with Gasteiger partial charge in [0, 0.05) is 34.1 Å². The summed E-state index contributed by atoms with van der Waals surface area (Å²) in [6, 6.07) is 0. The molecule has 0 unspecified atom stereocenters. The molecule has 0 saturated heterocycles. The smallest absolute Gasteiger partial charge is 0 e. The zero-order chi connectivity index (χ0) is 20.0. The van der Waals surface area contributed by atoms with E-state index in [9.17, 15) is 0 Å². The molecule has 0 aliphatic rings. The van der Waals surface area contributed by atoms with Gasteiger partial charge in [0.25, 0.3) is 0 Å². The van der Waals surface area contributed by atoms with Crippen LogP contribution in [0.25, 0.3) is 0 Å². The molecule has 0 aromatic heterocycles. The van der Waals surface area contributed by atoms with E-state index in [2.05, 4.69) is 66.5 Å². The summed E-state index contributed by atoms with van der Waals surface area (Å²) in [5.74, 6) is 0. The maximum Gasteiger partial charge on any atom is 0 e. The first-order valence-corrected chi connectivity index (χ1v) is 2.04. The Kier molecular flexibility index (Phi) is 13400. The maximum absolute atomic E-state index is 7.50. The minimum Gasteiger partial charge on any atom is 0 e. The molecule has 0 aromatic carbocycles. The van der Waals surface area contributed by atoms with Crippen molar-refractivity contribution in [1.29, 1.82) is 0 Å². The molecule has 0 N–H and O–H groups in total. The second-order valence-corrected chi connectivity index (χ2v) is 0. The third kappa shape index (κ3) is 2300. The Hall–Kier alpha value is -1.56. The number of hydrogen-bond donors (Lipinski definition) is 0. The van der Waals surface area contributed by atoms with Crippen LogP contribution in [0.2, 0.25) is 0 Å². The molecule has 0 fully saturated rings. The molecule has 0 atom stereocenters. The standard InChI is InChI=1S/10CO.2Mn/c10*1-2;;. The Morgan fingerprint density at radius 3 is 0.182 bits per heavy atom. The van der Waals surface area contributed by atoms with E-state index in [0.717, 1.165) is 0 Å². The van der Waals surface area contributed by atoms with Crippen molar-refractivity contribution < 1.29 is 80.7 Å². The molecule has 12 heteroatoms. The Bertz CT molecular complexity index is 177. The predicted octanol–water partition coefficient (Wildman–Crippen LogP) is -0.380. The molecule has 10 nitrogen and oxygen atoms in total. The SMILES string of the molecule is [C-]#[O+].[C-]#[O+].[C-]#[O+].[C-]#[O+].[C-]#[O+].[C-]#[O+].[C-]#[O+].[C-]#[O+].[C-]#[O+].[C-]#[O+].[Mn].[Mn]. The monoisotopic (exact) mass is 390 g/mol. The molecule has 0 aliphatic heterocycles. The fourth-order valence-electron chi connectivity index (χ4n) is 0. The Morgan fingerprint density at radius 1 is 0.182 bits per heavy atom. The molecule has 0 spiro atoms. The van der Waals surface area contributed by atoms with Gasteiger partial charge in [-0.1, -0.05) is 0 Å². The van der Waals surface area contributed by atoms with Crippen molar-refractivity contribution in [3.63, 3.8) is 0 Å². The van der Waals surface area contributed by atoms with Gasteiger partial charge in [-0.3, -0.25) is 0 Å². The van der Waals surface area contributed by atoms with Gasteiger partial charge in [-0.25, -0.2) is 0 Å². The second kappa shape index (κ2) is 2710. The van der Waals surface area contributed by atoms with Crippen LogP contribution in [-0.4, -0.2) is 0 Å². The van der Waals surface area contributed by atoms with E-state index in [1.807, 2.05) is 0 Å². The Labute approximate surface area is 147 Å². The molecule has 2 radical (unpaired) electrons. The first-order chi connectivity index (χ1) is 10.0. The summed E-state index contributed by atoms with van der Waals surface area (Å²) >= 11 is 0. The van der Waals surface area contributed by atoms with Crippen LogP contribution in [0, 0.1) is 66.5 Å². The average molecular weight is 390 g/mol. The van der Waals surface area contributed by atoms with Gasteiger partial charge >= 0.3 is 113 Å². The normalized spacial score (nSPS) is 0.909. The van der Waals surface area contributed by atoms with E-state index in [-0.39, 0.29) is 34.1 Å². The summed E-state index contributed by atoms with van der Waals surface area (Å²) in [5, 5.41) is 0. The van der Waals surface area contributed by atoms with Crippen molar-refractivity contribution in [2.24, 2.45) is 0 Å². The minimum atomic E-state index is 0. The fraction of sp³-hybridized carbons (Fsp3) is 0. The van der Waals surface area contributed by atoms with E-state index in [4.69, 9.17) is 46.5 Å². The van der Waals surface area contributed by atoms with E-state index >= 15 is 0 Å². The average Bonchev–Trinajstić information content (AvgIpc) is 2.71. The number of hydrogen-bond acceptors (Lipinski definition) is 0. The Morgan fingerprint density at radius 2 is 0.182 bits per heavy atom. The molecule has 0 heterocycles. The van der Waals surface area contributed by atoms with Crippen LogP contribution in [0.1, 0.15) is 0 Å². The molecule has 22 heavy (non-hydrogen) atoms. The molecule has 0 aliphatic carbocycles. The molecule has 0 aromatic rings. The van der Waals surface area contributed by atoms with Gasteiger partial charge in [-0.05, 0) is 0 Å². The van der Waals surface area contributed by atoms with Crippen molar-refractivity contribution in [1.82, 2.24) is 0 Å². The topological polar surface area (TPSA) is 199 Å². The minimum absolute atomic E-state index is 0. The predicted molar refractivity (Wildman–Crippen MR) is 39.3 cm³/mol. The third-order valence-electron chi connectivity index (χ3n) is 0. The van der Waals surface area contributed by atoms with Gasteiger partial charge in [-0.2, -0.15) is 0 Å². The first kappa shape index (κ1) is 108. The third-order valence-corrected chi connectivity index (χ3v) is 0. The molecule has 0 rings (SSSR count). The van der Waals surface area contributed by atoms with Crippen LogP contribution in [0.15, 0.2) is 0 Å². The quantitative estimate of drug-likeness (QED) is 0.295. The van der Waals surface area contributed by atoms with Crippen molar-refractivity contribution >= 4 is 0 Å². The molecule has 0 bridgehead atoms. The van der Waals surface area contributed by atoms with E-state index in [1.54, 1.807) is 0 Å². The molecular weight excluding hydrogens is 390 g/mol. The van der Waals surface area contributed by atoms with Crippen LogP contribution >= 0.6 is 0 Å². The maximum atomic E-state index is 7.50. The van der Waals surface area contributed by atoms with Gasteiger partial charge in [0.2, 0.25) is 0 Å². The summed E-state index contributed by atoms with van der Waals surface area (Å²) < 4.78 is 75.0. The Balaban J connectivity index is -0.00000000500. The zero-order valence-corrected chi connectivity index (χ0v) is 12.2. The van der Waals surface area contributed by atoms with Crippen LogP contribution < -0.4 is 0 Å². The molecular formula is C10Mn2O10. The summed E-state index contributed by atoms with van der Waals surface area (Å²) in [4.78, 5) is 0. The molecule has 0 amide bonds. The largest absolute Gasteiger partial charge is 0 e. The van der Waals surface area contributed by atoms with E-state index < -0.39 is 0 Å². The molecule has 0 saturated carbocycles. The van der Waals surface area contributed by atoms with Gasteiger partial charge < -0.3 is 0 Å². The van der Waals surface area contributed by atoms with Gasteiger partial charge in [0.05, 0.1) is 0 Å². The molecule has 114 valence electrons.